The molecule has 1 N–H and O–H groups in total. The van der Waals surface area contributed by atoms with Crippen LogP contribution in [0.5, 0.6) is 11.5 Å². The first kappa shape index (κ1) is 23.1. The molecule has 0 spiro atoms. The molecule has 31 heavy (non-hydrogen) atoms. The van der Waals surface area contributed by atoms with Gasteiger partial charge in [0.15, 0.2) is 16.7 Å². The Bertz CT molecular complexity index is 1080. The van der Waals surface area contributed by atoms with E-state index in [1.807, 2.05) is 26.0 Å². The van der Waals surface area contributed by atoms with Gasteiger partial charge < -0.3 is 14.6 Å². The van der Waals surface area contributed by atoms with Crippen LogP contribution in [0.25, 0.3) is 6.08 Å². The predicted molar refractivity (Wildman–Crippen MR) is 130 cm³/mol. The summed E-state index contributed by atoms with van der Waals surface area (Å²) >= 11 is 3.43. The van der Waals surface area contributed by atoms with Crippen LogP contribution >= 0.6 is 34.4 Å². The lowest BCUT2D eigenvalue weighted by molar-refractivity contribution is -0.122. The fourth-order valence-electron chi connectivity index (χ4n) is 2.97. The van der Waals surface area contributed by atoms with Crippen molar-refractivity contribution in [1.82, 2.24) is 4.90 Å². The molecule has 0 radical (unpaired) electrons. The number of amides is 1. The van der Waals surface area contributed by atoms with Crippen molar-refractivity contribution in [2.75, 3.05) is 20.3 Å². The Labute approximate surface area is 198 Å². The van der Waals surface area contributed by atoms with Gasteiger partial charge in [-0.3, -0.25) is 9.69 Å². The Morgan fingerprint density at radius 2 is 2.06 bits per heavy atom. The maximum absolute atomic E-state index is 12.9. The number of carboxylic acid groups (broad SMARTS) is 1. The van der Waals surface area contributed by atoms with Gasteiger partial charge in [0.05, 0.1) is 33.4 Å². The largest absolute Gasteiger partial charge is 0.492 e. The van der Waals surface area contributed by atoms with E-state index in [9.17, 15) is 14.7 Å². The Kier molecular flexibility index (Phi) is 7.60. The van der Waals surface area contributed by atoms with Crippen molar-refractivity contribution >= 4 is 63.2 Å². The fraction of sp³-hybridized carbons (Fsp3) is 0.227. The number of rotatable bonds is 7. The van der Waals surface area contributed by atoms with E-state index in [4.69, 9.17) is 9.47 Å². The number of ether oxygens (including phenoxy) is 2. The fourth-order valence-corrected chi connectivity index (χ4v) is 4.88. The maximum Gasteiger partial charge on any atom is 0.335 e. The summed E-state index contributed by atoms with van der Waals surface area (Å²) in [5.41, 5.74) is 1.44. The Balaban J connectivity index is 1.97. The van der Waals surface area contributed by atoms with Gasteiger partial charge in [-0.05, 0) is 90.2 Å². The van der Waals surface area contributed by atoms with Crippen LogP contribution < -0.4 is 9.47 Å². The average molecular weight is 552 g/mol. The lowest BCUT2D eigenvalue weighted by Crippen LogP contribution is -2.28. The molecular formula is C22H21IN2O5S. The quantitative estimate of drug-likeness (QED) is 0.384. The highest BCUT2D eigenvalue weighted by molar-refractivity contribution is 14.1. The smallest absolute Gasteiger partial charge is 0.335 e. The summed E-state index contributed by atoms with van der Waals surface area (Å²) in [6, 6.07) is 10.1. The van der Waals surface area contributed by atoms with Crippen LogP contribution in [-0.4, -0.2) is 47.3 Å². The SMILES string of the molecule is CCOc1cc(C=C2SC(=Nc3cccc(C(=O)O)c3)N(CC)C2=O)cc(I)c1OC. The minimum Gasteiger partial charge on any atom is -0.492 e. The average Bonchev–Trinajstić information content (AvgIpc) is 3.02. The summed E-state index contributed by atoms with van der Waals surface area (Å²) in [6.07, 6.45) is 1.80. The second-order valence-electron chi connectivity index (χ2n) is 6.38. The third kappa shape index (κ3) is 5.21. The van der Waals surface area contributed by atoms with Crippen LogP contribution in [0.15, 0.2) is 46.3 Å². The normalized spacial score (nSPS) is 16.3. The summed E-state index contributed by atoms with van der Waals surface area (Å²) in [5, 5.41) is 9.70. The van der Waals surface area contributed by atoms with Gasteiger partial charge in [-0.1, -0.05) is 6.07 Å². The second kappa shape index (κ2) is 10.2. The molecule has 2 aromatic rings. The van der Waals surface area contributed by atoms with Crippen LogP contribution in [0, 0.1) is 3.57 Å². The van der Waals surface area contributed by atoms with E-state index in [-0.39, 0.29) is 11.5 Å². The van der Waals surface area contributed by atoms with Crippen LogP contribution in [0.4, 0.5) is 5.69 Å². The molecule has 0 bridgehead atoms. The van der Waals surface area contributed by atoms with Gasteiger partial charge in [0, 0.05) is 6.54 Å². The van der Waals surface area contributed by atoms with E-state index in [2.05, 4.69) is 27.6 Å². The number of carboxylic acids is 1. The number of nitrogens with zero attached hydrogens (tertiary/aromatic N) is 2. The van der Waals surface area contributed by atoms with E-state index in [1.54, 1.807) is 30.2 Å². The van der Waals surface area contributed by atoms with E-state index < -0.39 is 5.97 Å². The molecule has 2 aromatic carbocycles. The van der Waals surface area contributed by atoms with Gasteiger partial charge in [-0.15, -0.1) is 0 Å². The van der Waals surface area contributed by atoms with Crippen LogP contribution in [0.3, 0.4) is 0 Å². The van der Waals surface area contributed by atoms with E-state index >= 15 is 0 Å². The number of carbonyl (C=O) groups excluding carboxylic acids is 1. The van der Waals surface area contributed by atoms with Gasteiger partial charge in [-0.2, -0.15) is 0 Å². The zero-order valence-electron chi connectivity index (χ0n) is 17.2. The minimum absolute atomic E-state index is 0.145. The number of thioether (sulfide) groups is 1. The molecule has 0 aliphatic carbocycles. The van der Waals surface area contributed by atoms with E-state index in [0.29, 0.717) is 40.4 Å². The summed E-state index contributed by atoms with van der Waals surface area (Å²) in [4.78, 5) is 30.8. The lowest BCUT2D eigenvalue weighted by atomic mass is 10.2. The van der Waals surface area contributed by atoms with E-state index in [0.717, 1.165) is 9.13 Å². The number of aromatic carboxylic acids is 1. The predicted octanol–water partition coefficient (Wildman–Crippen LogP) is 5.02. The van der Waals surface area contributed by atoms with Crippen molar-refractivity contribution in [3.8, 4) is 11.5 Å². The second-order valence-corrected chi connectivity index (χ2v) is 8.55. The highest BCUT2D eigenvalue weighted by atomic mass is 127. The van der Waals surface area contributed by atoms with Crippen LogP contribution in [0.1, 0.15) is 29.8 Å². The summed E-state index contributed by atoms with van der Waals surface area (Å²) in [7, 11) is 1.59. The summed E-state index contributed by atoms with van der Waals surface area (Å²) in [6.45, 7) is 4.71. The van der Waals surface area contributed by atoms with Crippen molar-refractivity contribution in [3.05, 3.63) is 56.0 Å². The summed E-state index contributed by atoms with van der Waals surface area (Å²) < 4.78 is 12.0. The van der Waals surface area contributed by atoms with E-state index in [1.165, 1.54) is 23.9 Å². The van der Waals surface area contributed by atoms with Crippen LogP contribution in [-0.2, 0) is 4.79 Å². The van der Waals surface area contributed by atoms with Crippen molar-refractivity contribution in [1.29, 1.82) is 0 Å². The Morgan fingerprint density at radius 3 is 2.71 bits per heavy atom. The van der Waals surface area contributed by atoms with Gasteiger partial charge in [-0.25, -0.2) is 9.79 Å². The van der Waals surface area contributed by atoms with Gasteiger partial charge in [0.2, 0.25) is 0 Å². The first-order valence-corrected chi connectivity index (χ1v) is 11.4. The lowest BCUT2D eigenvalue weighted by Gasteiger charge is -2.12. The molecule has 9 heteroatoms. The molecule has 7 nitrogen and oxygen atoms in total. The molecule has 1 fully saturated rings. The molecule has 162 valence electrons. The molecule has 0 unspecified atom stereocenters. The Morgan fingerprint density at radius 1 is 1.29 bits per heavy atom. The van der Waals surface area contributed by atoms with Crippen molar-refractivity contribution in [3.63, 3.8) is 0 Å². The topological polar surface area (TPSA) is 88.4 Å². The van der Waals surface area contributed by atoms with Crippen molar-refractivity contribution in [2.45, 2.75) is 13.8 Å². The molecule has 1 saturated heterocycles. The maximum atomic E-state index is 12.9. The monoisotopic (exact) mass is 552 g/mol. The number of halogens is 1. The highest BCUT2D eigenvalue weighted by Gasteiger charge is 2.32. The van der Waals surface area contributed by atoms with Crippen molar-refractivity contribution in [2.24, 2.45) is 4.99 Å². The number of carbonyl (C=O) groups is 2. The molecular weight excluding hydrogens is 531 g/mol. The molecule has 1 aliphatic rings. The molecule has 1 heterocycles. The number of hydrogen-bond donors (Lipinski definition) is 1. The molecule has 0 aromatic heterocycles. The molecule has 0 atom stereocenters. The standard InChI is InChI=1S/C22H21IN2O5S/c1-4-25-20(26)18(11-13-9-16(23)19(29-3)17(10-13)30-5-2)31-22(25)24-15-8-6-7-14(12-15)21(27)28/h6-12H,4-5H2,1-3H3,(H,27,28). The van der Waals surface area contributed by atoms with Gasteiger partial charge in [0.25, 0.3) is 5.91 Å². The summed E-state index contributed by atoms with van der Waals surface area (Å²) in [5.74, 6) is 0.102. The molecule has 3 rings (SSSR count). The van der Waals surface area contributed by atoms with Crippen LogP contribution in [0.2, 0.25) is 0 Å². The molecule has 1 amide bonds. The number of likely N-dealkylation sites (N-methyl/N-ethyl adjacent to an activating group) is 1. The molecule has 0 saturated carbocycles. The third-order valence-corrected chi connectivity index (χ3v) is 6.16. The van der Waals surface area contributed by atoms with Gasteiger partial charge >= 0.3 is 5.97 Å². The number of benzene rings is 2. The molecule has 1 aliphatic heterocycles. The Hall–Kier alpha value is -2.53. The first-order chi connectivity index (χ1) is 14.9. The zero-order valence-corrected chi connectivity index (χ0v) is 20.2. The first-order valence-electron chi connectivity index (χ1n) is 9.51. The number of aliphatic imine (C=N–C) groups is 1. The number of methoxy groups -OCH3 is 1. The number of amidine groups is 1. The zero-order chi connectivity index (χ0) is 22.5. The van der Waals surface area contributed by atoms with Crippen molar-refractivity contribution < 1.29 is 24.2 Å². The number of hydrogen-bond acceptors (Lipinski definition) is 6. The third-order valence-electron chi connectivity index (χ3n) is 4.36. The van der Waals surface area contributed by atoms with Gasteiger partial charge in [0.1, 0.15) is 0 Å². The minimum atomic E-state index is -1.02. The highest BCUT2D eigenvalue weighted by Crippen LogP contribution is 2.38.